The van der Waals surface area contributed by atoms with E-state index in [-0.39, 0.29) is 6.71 Å². The molecule has 0 N–H and O–H groups in total. The van der Waals surface area contributed by atoms with E-state index >= 15 is 0 Å². The van der Waals surface area contributed by atoms with E-state index in [0.717, 1.165) is 0 Å². The number of aryl methyl sites for hydroxylation is 5. The molecular weight excluding hydrogens is 459 g/mol. The first-order valence-corrected chi connectivity index (χ1v) is 13.5. The standard InChI is InChI=1S/C35H31BN2/c1-22-13-16-27(17-14-22)37-31-10-6-7-11-32(31)38-30-18-15-23(2)21-29(30)36(28-9-8-12-33(37)35(28)38)34-25(4)19-24(3)20-26(34)5/h6-21H,1-5H3. The Labute approximate surface area is 226 Å². The molecule has 0 saturated heterocycles. The molecule has 0 saturated carbocycles. The molecule has 5 aromatic rings. The number of nitrogens with zero attached hydrogens (tertiary/aromatic N) is 2. The number of rotatable bonds is 2. The average molecular weight is 490 g/mol. The maximum absolute atomic E-state index is 2.51. The molecule has 2 nitrogen and oxygen atoms in total. The summed E-state index contributed by atoms with van der Waals surface area (Å²) in [5.74, 6) is 0. The molecule has 0 bridgehead atoms. The van der Waals surface area contributed by atoms with E-state index in [4.69, 9.17) is 0 Å². The van der Waals surface area contributed by atoms with Crippen molar-refractivity contribution in [3.63, 3.8) is 0 Å². The Hall–Kier alpha value is -4.24. The molecular formula is C35H31BN2. The molecule has 184 valence electrons. The lowest BCUT2D eigenvalue weighted by Gasteiger charge is -2.46. The summed E-state index contributed by atoms with van der Waals surface area (Å²) in [7, 11) is 0. The first-order chi connectivity index (χ1) is 18.4. The van der Waals surface area contributed by atoms with Crippen LogP contribution in [0.5, 0.6) is 0 Å². The van der Waals surface area contributed by atoms with Gasteiger partial charge in [0, 0.05) is 11.4 Å². The molecule has 38 heavy (non-hydrogen) atoms. The van der Waals surface area contributed by atoms with Crippen LogP contribution in [0.3, 0.4) is 0 Å². The molecule has 2 aliphatic heterocycles. The Morgan fingerprint density at radius 3 is 1.82 bits per heavy atom. The van der Waals surface area contributed by atoms with Gasteiger partial charge in [-0.3, -0.25) is 0 Å². The van der Waals surface area contributed by atoms with Crippen LogP contribution >= 0.6 is 0 Å². The molecule has 5 aromatic carbocycles. The van der Waals surface area contributed by atoms with Gasteiger partial charge in [0.1, 0.15) is 0 Å². The van der Waals surface area contributed by atoms with E-state index in [1.807, 2.05) is 0 Å². The van der Waals surface area contributed by atoms with Crippen LogP contribution in [0.1, 0.15) is 27.8 Å². The molecule has 0 aliphatic carbocycles. The third-order valence-corrected chi connectivity index (χ3v) is 8.24. The highest BCUT2D eigenvalue weighted by atomic mass is 15.3. The average Bonchev–Trinajstić information content (AvgIpc) is 2.90. The van der Waals surface area contributed by atoms with Crippen LogP contribution in [0, 0.1) is 34.6 Å². The number of hydrogen-bond acceptors (Lipinski definition) is 2. The Morgan fingerprint density at radius 1 is 0.474 bits per heavy atom. The monoisotopic (exact) mass is 490 g/mol. The molecule has 0 atom stereocenters. The predicted octanol–water partition coefficient (Wildman–Crippen LogP) is 7.31. The maximum Gasteiger partial charge on any atom is 0.247 e. The third-order valence-electron chi connectivity index (χ3n) is 8.24. The van der Waals surface area contributed by atoms with Gasteiger partial charge < -0.3 is 9.80 Å². The zero-order valence-corrected chi connectivity index (χ0v) is 22.7. The van der Waals surface area contributed by atoms with Crippen molar-refractivity contribution in [1.29, 1.82) is 0 Å². The second-order valence-electron chi connectivity index (χ2n) is 11.0. The molecule has 2 aliphatic rings. The Bertz CT molecular complexity index is 1710. The quantitative estimate of drug-likeness (QED) is 0.235. The topological polar surface area (TPSA) is 6.48 Å². The smallest absolute Gasteiger partial charge is 0.247 e. The van der Waals surface area contributed by atoms with Gasteiger partial charge in [-0.1, -0.05) is 93.9 Å². The summed E-state index contributed by atoms with van der Waals surface area (Å²) in [6.07, 6.45) is 0. The van der Waals surface area contributed by atoms with Gasteiger partial charge in [-0.05, 0) is 81.9 Å². The Kier molecular flexibility index (Phi) is 5.06. The summed E-state index contributed by atoms with van der Waals surface area (Å²) in [5.41, 5.74) is 18.2. The Balaban J connectivity index is 1.58. The van der Waals surface area contributed by atoms with Gasteiger partial charge in [-0.2, -0.15) is 0 Å². The second-order valence-corrected chi connectivity index (χ2v) is 11.0. The zero-order valence-electron chi connectivity index (χ0n) is 22.7. The normalized spacial score (nSPS) is 13.2. The molecule has 0 amide bonds. The lowest BCUT2D eigenvalue weighted by molar-refractivity contribution is 1.17. The van der Waals surface area contributed by atoms with E-state index < -0.39 is 0 Å². The first kappa shape index (κ1) is 22.9. The summed E-state index contributed by atoms with van der Waals surface area (Å²) in [6, 6.07) is 36.3. The van der Waals surface area contributed by atoms with Gasteiger partial charge in [-0.15, -0.1) is 0 Å². The fraction of sp³-hybridized carbons (Fsp3) is 0.143. The lowest BCUT2D eigenvalue weighted by Crippen LogP contribution is -2.59. The van der Waals surface area contributed by atoms with Crippen LogP contribution in [-0.2, 0) is 0 Å². The first-order valence-electron chi connectivity index (χ1n) is 13.5. The molecule has 0 aromatic heterocycles. The van der Waals surface area contributed by atoms with Crippen LogP contribution in [-0.4, -0.2) is 6.71 Å². The van der Waals surface area contributed by atoms with Gasteiger partial charge in [0.05, 0.1) is 22.7 Å². The van der Waals surface area contributed by atoms with E-state index in [9.17, 15) is 0 Å². The van der Waals surface area contributed by atoms with Gasteiger partial charge in [-0.25, -0.2) is 0 Å². The minimum absolute atomic E-state index is 0.168. The van der Waals surface area contributed by atoms with Crippen molar-refractivity contribution in [2.24, 2.45) is 0 Å². The minimum Gasteiger partial charge on any atom is -0.307 e. The molecule has 0 radical (unpaired) electrons. The maximum atomic E-state index is 2.51. The van der Waals surface area contributed by atoms with Crippen LogP contribution in [0.2, 0.25) is 0 Å². The minimum atomic E-state index is 0.168. The van der Waals surface area contributed by atoms with Gasteiger partial charge >= 0.3 is 0 Å². The highest BCUT2D eigenvalue weighted by Crippen LogP contribution is 2.54. The molecule has 0 unspecified atom stereocenters. The number of fused-ring (bicyclic) bond motifs is 4. The zero-order chi connectivity index (χ0) is 26.1. The van der Waals surface area contributed by atoms with Crippen molar-refractivity contribution in [3.8, 4) is 0 Å². The summed E-state index contributed by atoms with van der Waals surface area (Å²) >= 11 is 0. The van der Waals surface area contributed by atoms with Crippen LogP contribution in [0.15, 0.2) is 97.1 Å². The number of benzene rings is 5. The fourth-order valence-electron chi connectivity index (χ4n) is 6.75. The molecule has 0 spiro atoms. The van der Waals surface area contributed by atoms with Crippen LogP contribution in [0.25, 0.3) is 0 Å². The Morgan fingerprint density at radius 2 is 1.11 bits per heavy atom. The third kappa shape index (κ3) is 3.28. The molecule has 0 fully saturated rings. The summed E-state index contributed by atoms with van der Waals surface area (Å²) in [6.45, 7) is 11.3. The SMILES string of the molecule is Cc1ccc(N2c3ccccc3N3c4ccc(C)cc4B(c4c(C)cc(C)cc4C)c4cccc2c43)cc1. The van der Waals surface area contributed by atoms with E-state index in [0.29, 0.717) is 0 Å². The van der Waals surface area contributed by atoms with Gasteiger partial charge in [0.2, 0.25) is 6.71 Å². The van der Waals surface area contributed by atoms with E-state index in [1.54, 1.807) is 0 Å². The summed E-state index contributed by atoms with van der Waals surface area (Å²) in [4.78, 5) is 4.95. The molecule has 2 heterocycles. The van der Waals surface area contributed by atoms with Crippen molar-refractivity contribution in [3.05, 3.63) is 125 Å². The van der Waals surface area contributed by atoms with Gasteiger partial charge in [0.25, 0.3) is 0 Å². The van der Waals surface area contributed by atoms with Crippen molar-refractivity contribution in [1.82, 2.24) is 0 Å². The lowest BCUT2D eigenvalue weighted by atomic mass is 9.33. The van der Waals surface area contributed by atoms with Crippen LogP contribution in [0.4, 0.5) is 34.1 Å². The summed E-state index contributed by atoms with van der Waals surface area (Å²) in [5, 5.41) is 0. The van der Waals surface area contributed by atoms with E-state index in [1.165, 1.54) is 78.3 Å². The number of hydrogen-bond donors (Lipinski definition) is 0. The summed E-state index contributed by atoms with van der Waals surface area (Å²) < 4.78 is 0. The largest absolute Gasteiger partial charge is 0.307 e. The molecule has 7 rings (SSSR count). The highest BCUT2D eigenvalue weighted by molar-refractivity contribution is 6.98. The fourth-order valence-corrected chi connectivity index (χ4v) is 6.75. The van der Waals surface area contributed by atoms with Gasteiger partial charge in [0.15, 0.2) is 0 Å². The van der Waals surface area contributed by atoms with E-state index in [2.05, 4.69) is 141 Å². The van der Waals surface area contributed by atoms with Crippen molar-refractivity contribution in [2.45, 2.75) is 34.6 Å². The predicted molar refractivity (Wildman–Crippen MR) is 164 cm³/mol. The van der Waals surface area contributed by atoms with Crippen molar-refractivity contribution in [2.75, 3.05) is 9.80 Å². The van der Waals surface area contributed by atoms with Crippen molar-refractivity contribution >= 4 is 57.2 Å². The highest BCUT2D eigenvalue weighted by Gasteiger charge is 2.42. The molecule has 3 heteroatoms. The van der Waals surface area contributed by atoms with Crippen LogP contribution < -0.4 is 26.2 Å². The second kappa shape index (κ2) is 8.39. The number of anilines is 6. The van der Waals surface area contributed by atoms with Crippen molar-refractivity contribution < 1.29 is 0 Å². The number of para-hydroxylation sites is 3.